The first kappa shape index (κ1) is 11.7. The summed E-state index contributed by atoms with van der Waals surface area (Å²) in [7, 11) is 0. The molecule has 2 aromatic carbocycles. The summed E-state index contributed by atoms with van der Waals surface area (Å²) < 4.78 is 18.9. The Labute approximate surface area is 109 Å². The predicted octanol–water partition coefficient (Wildman–Crippen LogP) is 3.13. The van der Waals surface area contributed by atoms with Crippen molar-refractivity contribution in [3.05, 3.63) is 53.3 Å². The Balaban J connectivity index is 2.09. The minimum absolute atomic E-state index is 0.0493. The molecule has 1 aliphatic rings. The first-order valence-electron chi connectivity index (χ1n) is 5.93. The minimum Gasteiger partial charge on any atom is -0.493 e. The summed E-state index contributed by atoms with van der Waals surface area (Å²) in [6, 6.07) is 9.39. The number of hydrogen-bond acceptors (Lipinski definition) is 2. The minimum atomic E-state index is -1.13. The molecule has 2 aromatic rings. The van der Waals surface area contributed by atoms with Crippen LogP contribution in [-0.2, 0) is 6.42 Å². The molecule has 3 rings (SSSR count). The number of rotatable bonds is 2. The van der Waals surface area contributed by atoms with Gasteiger partial charge in [0.15, 0.2) is 0 Å². The van der Waals surface area contributed by atoms with E-state index in [0.29, 0.717) is 12.2 Å². The van der Waals surface area contributed by atoms with E-state index >= 15 is 0 Å². The van der Waals surface area contributed by atoms with Gasteiger partial charge in [0.05, 0.1) is 12.2 Å². The summed E-state index contributed by atoms with van der Waals surface area (Å²) in [5, 5.41) is 8.95. The predicted molar refractivity (Wildman–Crippen MR) is 68.0 cm³/mol. The molecule has 4 heteroatoms. The number of benzene rings is 2. The van der Waals surface area contributed by atoms with Crippen LogP contribution in [0.25, 0.3) is 11.1 Å². The lowest BCUT2D eigenvalue weighted by Gasteiger charge is -2.06. The number of carbonyl (C=O) groups is 1. The van der Waals surface area contributed by atoms with Crippen LogP contribution >= 0.6 is 0 Å². The highest BCUT2D eigenvalue weighted by Crippen LogP contribution is 2.31. The first-order chi connectivity index (χ1) is 9.13. The van der Waals surface area contributed by atoms with Crippen LogP contribution in [0.3, 0.4) is 0 Å². The van der Waals surface area contributed by atoms with Crippen molar-refractivity contribution >= 4 is 5.97 Å². The van der Waals surface area contributed by atoms with Crippen molar-refractivity contribution in [1.29, 1.82) is 0 Å². The van der Waals surface area contributed by atoms with Gasteiger partial charge in [-0.05, 0) is 47.0 Å². The third-order valence-electron chi connectivity index (χ3n) is 3.17. The van der Waals surface area contributed by atoms with Crippen molar-refractivity contribution in [1.82, 2.24) is 0 Å². The Kier molecular flexibility index (Phi) is 2.71. The Morgan fingerprint density at radius 2 is 2.00 bits per heavy atom. The summed E-state index contributed by atoms with van der Waals surface area (Å²) in [6.07, 6.45) is 0.824. The molecule has 0 radical (unpaired) electrons. The highest BCUT2D eigenvalue weighted by atomic mass is 19.1. The number of hydrogen-bond donors (Lipinski definition) is 1. The molecule has 1 heterocycles. The molecule has 0 aliphatic carbocycles. The van der Waals surface area contributed by atoms with E-state index in [1.54, 1.807) is 0 Å². The number of halogens is 1. The lowest BCUT2D eigenvalue weighted by Crippen LogP contribution is -1.97. The molecule has 0 fully saturated rings. The maximum Gasteiger partial charge on any atom is 0.335 e. The van der Waals surface area contributed by atoms with E-state index in [2.05, 4.69) is 0 Å². The number of carboxylic acid groups (broad SMARTS) is 1. The average molecular weight is 258 g/mol. The van der Waals surface area contributed by atoms with Crippen molar-refractivity contribution in [3.63, 3.8) is 0 Å². The van der Waals surface area contributed by atoms with Crippen LogP contribution in [0.1, 0.15) is 15.9 Å². The normalized spacial score (nSPS) is 12.9. The Bertz CT molecular complexity index is 664. The van der Waals surface area contributed by atoms with E-state index in [9.17, 15) is 9.18 Å². The van der Waals surface area contributed by atoms with Crippen molar-refractivity contribution in [2.24, 2.45) is 0 Å². The van der Waals surface area contributed by atoms with Crippen molar-refractivity contribution < 1.29 is 19.0 Å². The van der Waals surface area contributed by atoms with Gasteiger partial charge in [0.2, 0.25) is 0 Å². The lowest BCUT2D eigenvalue weighted by atomic mass is 10.00. The zero-order valence-corrected chi connectivity index (χ0v) is 10.0. The first-order valence-corrected chi connectivity index (χ1v) is 5.93. The molecule has 0 aromatic heterocycles. The molecule has 0 bridgehead atoms. The fourth-order valence-corrected chi connectivity index (χ4v) is 2.25. The van der Waals surface area contributed by atoms with Gasteiger partial charge in [0, 0.05) is 6.42 Å². The quantitative estimate of drug-likeness (QED) is 0.900. The third kappa shape index (κ3) is 2.17. The third-order valence-corrected chi connectivity index (χ3v) is 3.17. The van der Waals surface area contributed by atoms with Gasteiger partial charge in [-0.2, -0.15) is 0 Å². The highest BCUT2D eigenvalue weighted by molar-refractivity contribution is 5.89. The molecule has 0 spiro atoms. The number of fused-ring (bicyclic) bond motifs is 1. The summed E-state index contributed by atoms with van der Waals surface area (Å²) in [5.41, 5.74) is 2.38. The smallest absolute Gasteiger partial charge is 0.335 e. The second-order valence-corrected chi connectivity index (χ2v) is 4.45. The molecular formula is C15H11FO3. The summed E-state index contributed by atoms with van der Waals surface area (Å²) in [6.45, 7) is 0.655. The van der Waals surface area contributed by atoms with Crippen LogP contribution in [0.5, 0.6) is 5.75 Å². The zero-order valence-electron chi connectivity index (χ0n) is 10.0. The van der Waals surface area contributed by atoms with Crippen LogP contribution in [0, 0.1) is 5.82 Å². The van der Waals surface area contributed by atoms with Crippen LogP contribution in [0.4, 0.5) is 4.39 Å². The molecule has 1 N–H and O–H groups in total. The van der Waals surface area contributed by atoms with Gasteiger partial charge >= 0.3 is 5.97 Å². The van der Waals surface area contributed by atoms with E-state index in [1.165, 1.54) is 12.1 Å². The van der Waals surface area contributed by atoms with Crippen LogP contribution < -0.4 is 4.74 Å². The van der Waals surface area contributed by atoms with Crippen LogP contribution in [0.15, 0.2) is 36.4 Å². The van der Waals surface area contributed by atoms with E-state index in [-0.39, 0.29) is 5.56 Å². The zero-order chi connectivity index (χ0) is 13.4. The van der Waals surface area contributed by atoms with Crippen LogP contribution in [-0.4, -0.2) is 17.7 Å². The molecule has 3 nitrogen and oxygen atoms in total. The van der Waals surface area contributed by atoms with Gasteiger partial charge < -0.3 is 9.84 Å². The maximum atomic E-state index is 13.5. The standard InChI is InChI=1S/C15H11FO3/c16-13-7-11(6-12(8-13)15(17)18)9-1-2-14-10(5-9)3-4-19-14/h1-2,5-8H,3-4H2,(H,17,18). The summed E-state index contributed by atoms with van der Waals surface area (Å²) in [4.78, 5) is 10.9. The van der Waals surface area contributed by atoms with Gasteiger partial charge in [-0.3, -0.25) is 0 Å². The topological polar surface area (TPSA) is 46.5 Å². The molecule has 0 saturated carbocycles. The van der Waals surface area contributed by atoms with Gasteiger partial charge in [-0.25, -0.2) is 9.18 Å². The SMILES string of the molecule is O=C(O)c1cc(F)cc(-c2ccc3c(c2)CCO3)c1. The van der Waals surface area contributed by atoms with Crippen LogP contribution in [0.2, 0.25) is 0 Å². The molecule has 19 heavy (non-hydrogen) atoms. The van der Waals surface area contributed by atoms with Gasteiger partial charge in [0.25, 0.3) is 0 Å². The summed E-state index contributed by atoms with van der Waals surface area (Å²) in [5.74, 6) is -0.837. The monoisotopic (exact) mass is 258 g/mol. The lowest BCUT2D eigenvalue weighted by molar-refractivity contribution is 0.0696. The van der Waals surface area contributed by atoms with E-state index < -0.39 is 11.8 Å². The molecular weight excluding hydrogens is 247 g/mol. The fraction of sp³-hybridized carbons (Fsp3) is 0.133. The number of carboxylic acids is 1. The van der Waals surface area contributed by atoms with Gasteiger partial charge in [-0.1, -0.05) is 6.07 Å². The molecule has 1 aliphatic heterocycles. The van der Waals surface area contributed by atoms with Crippen molar-refractivity contribution in [2.75, 3.05) is 6.61 Å². The second-order valence-electron chi connectivity index (χ2n) is 4.45. The average Bonchev–Trinajstić information content (AvgIpc) is 2.85. The molecule has 0 amide bonds. The van der Waals surface area contributed by atoms with Gasteiger partial charge in [0.1, 0.15) is 11.6 Å². The highest BCUT2D eigenvalue weighted by Gasteiger charge is 2.14. The Morgan fingerprint density at radius 3 is 2.79 bits per heavy atom. The summed E-state index contributed by atoms with van der Waals surface area (Å²) >= 11 is 0. The number of ether oxygens (including phenoxy) is 1. The fourth-order valence-electron chi connectivity index (χ4n) is 2.25. The molecule has 96 valence electrons. The molecule has 0 saturated heterocycles. The molecule has 0 atom stereocenters. The second kappa shape index (κ2) is 4.39. The molecule has 0 unspecified atom stereocenters. The van der Waals surface area contributed by atoms with E-state index in [0.717, 1.165) is 29.4 Å². The number of aromatic carboxylic acids is 1. The Hall–Kier alpha value is -2.36. The van der Waals surface area contributed by atoms with E-state index in [4.69, 9.17) is 9.84 Å². The van der Waals surface area contributed by atoms with Crippen molar-refractivity contribution in [3.8, 4) is 16.9 Å². The van der Waals surface area contributed by atoms with E-state index in [1.807, 2.05) is 18.2 Å². The maximum absolute atomic E-state index is 13.5. The Morgan fingerprint density at radius 1 is 1.16 bits per heavy atom. The largest absolute Gasteiger partial charge is 0.493 e. The van der Waals surface area contributed by atoms with Crippen molar-refractivity contribution in [2.45, 2.75) is 6.42 Å². The van der Waals surface area contributed by atoms with Gasteiger partial charge in [-0.15, -0.1) is 0 Å².